The van der Waals surface area contributed by atoms with Gasteiger partial charge in [-0.15, -0.1) is 0 Å². The van der Waals surface area contributed by atoms with Crippen molar-refractivity contribution in [3.8, 4) is 11.3 Å². The Morgan fingerprint density at radius 3 is 2.83 bits per heavy atom. The number of likely N-dealkylation sites (tertiary alicyclic amines) is 1. The maximum atomic E-state index is 12.6. The fourth-order valence-corrected chi connectivity index (χ4v) is 4.57. The molecule has 4 rings (SSSR count). The number of carbonyl (C=O) groups is 2. The number of aromatic nitrogens is 1. The molecule has 2 aromatic rings. The van der Waals surface area contributed by atoms with Crippen LogP contribution in [0.2, 0.25) is 0 Å². The van der Waals surface area contributed by atoms with Crippen molar-refractivity contribution in [1.29, 1.82) is 0 Å². The van der Waals surface area contributed by atoms with Crippen LogP contribution in [0.15, 0.2) is 40.9 Å². The van der Waals surface area contributed by atoms with E-state index in [-0.39, 0.29) is 30.9 Å². The number of amides is 1. The number of hydrogen-bond donors (Lipinski definition) is 0. The lowest BCUT2D eigenvalue weighted by Crippen LogP contribution is -2.45. The molecule has 0 bridgehead atoms. The van der Waals surface area contributed by atoms with Crippen molar-refractivity contribution >= 4 is 11.9 Å². The number of hydrogen-bond acceptors (Lipinski definition) is 5. The highest BCUT2D eigenvalue weighted by atomic mass is 16.5. The van der Waals surface area contributed by atoms with Crippen molar-refractivity contribution in [2.24, 2.45) is 17.8 Å². The van der Waals surface area contributed by atoms with Gasteiger partial charge in [-0.25, -0.2) is 4.98 Å². The van der Waals surface area contributed by atoms with Crippen LogP contribution in [0.1, 0.15) is 45.4 Å². The van der Waals surface area contributed by atoms with Gasteiger partial charge in [0.05, 0.1) is 12.1 Å². The van der Waals surface area contributed by atoms with Crippen LogP contribution in [0, 0.1) is 17.8 Å². The predicted molar refractivity (Wildman–Crippen MR) is 108 cm³/mol. The maximum Gasteiger partial charge on any atom is 0.311 e. The van der Waals surface area contributed by atoms with Crippen molar-refractivity contribution in [3.63, 3.8) is 0 Å². The Bertz CT molecular complexity index is 863. The Labute approximate surface area is 171 Å². The van der Waals surface area contributed by atoms with Crippen LogP contribution in [-0.2, 0) is 20.9 Å². The summed E-state index contributed by atoms with van der Waals surface area (Å²) in [5.41, 5.74) is 0.922. The van der Waals surface area contributed by atoms with E-state index in [9.17, 15) is 9.59 Å². The Kier molecular flexibility index (Phi) is 5.69. The number of benzene rings is 1. The third kappa shape index (κ3) is 4.21. The van der Waals surface area contributed by atoms with E-state index in [0.29, 0.717) is 30.0 Å². The molecule has 29 heavy (non-hydrogen) atoms. The summed E-state index contributed by atoms with van der Waals surface area (Å²) in [6, 6.07) is 9.89. The van der Waals surface area contributed by atoms with Gasteiger partial charge in [0.25, 0.3) is 0 Å². The molecule has 6 heteroatoms. The zero-order valence-electron chi connectivity index (χ0n) is 17.0. The van der Waals surface area contributed by atoms with Crippen molar-refractivity contribution in [1.82, 2.24) is 9.88 Å². The minimum Gasteiger partial charge on any atom is -0.455 e. The summed E-state index contributed by atoms with van der Waals surface area (Å²) in [7, 11) is 0. The van der Waals surface area contributed by atoms with Crippen molar-refractivity contribution in [2.75, 3.05) is 6.54 Å². The second-order valence-electron chi connectivity index (χ2n) is 8.37. The number of rotatable bonds is 5. The molecule has 0 N–H and O–H groups in total. The largest absolute Gasteiger partial charge is 0.455 e. The predicted octanol–water partition coefficient (Wildman–Crippen LogP) is 4.06. The Hall–Kier alpha value is -2.63. The van der Waals surface area contributed by atoms with Gasteiger partial charge in [0.1, 0.15) is 0 Å². The molecule has 1 aromatic carbocycles. The molecule has 1 aliphatic heterocycles. The van der Waals surface area contributed by atoms with E-state index >= 15 is 0 Å². The maximum absolute atomic E-state index is 12.6. The molecule has 154 valence electrons. The molecule has 2 heterocycles. The standard InChI is InChI=1S/C23H28N2O4/c1-15-7-6-10-19(16(15)2)25-13-18(11-22(25)26)23(27)28-14-21-24-12-20(29-21)17-8-4-3-5-9-17/h3-5,8-9,12,15-16,18-19H,6-7,10-11,13-14H2,1-2H3/t15-,16+,18+,19+/m0/s1. The van der Waals surface area contributed by atoms with E-state index < -0.39 is 5.92 Å². The van der Waals surface area contributed by atoms with Gasteiger partial charge >= 0.3 is 5.97 Å². The van der Waals surface area contributed by atoms with Crippen LogP contribution in [0.25, 0.3) is 11.3 Å². The van der Waals surface area contributed by atoms with Crippen LogP contribution in [0.3, 0.4) is 0 Å². The van der Waals surface area contributed by atoms with Crippen molar-refractivity contribution < 1.29 is 18.7 Å². The van der Waals surface area contributed by atoms with Gasteiger partial charge in [0.2, 0.25) is 11.8 Å². The molecule has 2 aliphatic rings. The summed E-state index contributed by atoms with van der Waals surface area (Å²) in [6.45, 7) is 4.91. The molecule has 0 unspecified atom stereocenters. The normalized spacial score (nSPS) is 27.2. The van der Waals surface area contributed by atoms with Gasteiger partial charge in [-0.2, -0.15) is 0 Å². The second kappa shape index (κ2) is 8.39. The second-order valence-corrected chi connectivity index (χ2v) is 8.37. The highest BCUT2D eigenvalue weighted by Crippen LogP contribution is 2.36. The molecule has 1 amide bonds. The molecular weight excluding hydrogens is 368 g/mol. The molecule has 4 atom stereocenters. The average Bonchev–Trinajstić information content (AvgIpc) is 3.36. The zero-order valence-corrected chi connectivity index (χ0v) is 17.0. The van der Waals surface area contributed by atoms with Gasteiger partial charge in [0.15, 0.2) is 12.4 Å². The van der Waals surface area contributed by atoms with Crippen molar-refractivity contribution in [2.45, 2.75) is 52.2 Å². The first kappa shape index (κ1) is 19.7. The summed E-state index contributed by atoms with van der Waals surface area (Å²) in [5, 5.41) is 0. The van der Waals surface area contributed by atoms with E-state index in [4.69, 9.17) is 9.15 Å². The first-order chi connectivity index (χ1) is 14.0. The highest BCUT2D eigenvalue weighted by molar-refractivity contribution is 5.87. The van der Waals surface area contributed by atoms with Gasteiger partial charge in [0, 0.05) is 24.6 Å². The number of ether oxygens (including phenoxy) is 1. The van der Waals surface area contributed by atoms with Gasteiger partial charge in [-0.3, -0.25) is 9.59 Å². The zero-order chi connectivity index (χ0) is 20.4. The van der Waals surface area contributed by atoms with Gasteiger partial charge in [-0.05, 0) is 18.3 Å². The summed E-state index contributed by atoms with van der Waals surface area (Å²) in [5.74, 6) is 1.38. The molecular formula is C23H28N2O4. The molecule has 1 aliphatic carbocycles. The number of nitrogens with zero attached hydrogens (tertiary/aromatic N) is 2. The third-order valence-corrected chi connectivity index (χ3v) is 6.51. The van der Waals surface area contributed by atoms with E-state index in [1.165, 1.54) is 6.42 Å². The quantitative estimate of drug-likeness (QED) is 0.713. The van der Waals surface area contributed by atoms with Crippen LogP contribution in [0.5, 0.6) is 0 Å². The molecule has 1 saturated heterocycles. The molecule has 0 spiro atoms. The monoisotopic (exact) mass is 396 g/mol. The minimum absolute atomic E-state index is 0.0206. The minimum atomic E-state index is -0.407. The third-order valence-electron chi connectivity index (χ3n) is 6.51. The summed E-state index contributed by atoms with van der Waals surface area (Å²) in [4.78, 5) is 31.2. The van der Waals surface area contributed by atoms with Gasteiger partial charge < -0.3 is 14.1 Å². The first-order valence-electron chi connectivity index (χ1n) is 10.5. The van der Waals surface area contributed by atoms with E-state index in [1.54, 1.807) is 6.20 Å². The van der Waals surface area contributed by atoms with E-state index in [2.05, 4.69) is 18.8 Å². The number of oxazole rings is 1. The van der Waals surface area contributed by atoms with E-state index in [1.807, 2.05) is 35.2 Å². The molecule has 0 radical (unpaired) electrons. The average molecular weight is 396 g/mol. The molecule has 1 saturated carbocycles. The van der Waals surface area contributed by atoms with Crippen LogP contribution >= 0.6 is 0 Å². The topological polar surface area (TPSA) is 72.6 Å². The summed E-state index contributed by atoms with van der Waals surface area (Å²) < 4.78 is 11.1. The fraction of sp³-hybridized carbons (Fsp3) is 0.522. The first-order valence-corrected chi connectivity index (χ1v) is 10.5. The molecule has 2 fully saturated rings. The Balaban J connectivity index is 1.33. The smallest absolute Gasteiger partial charge is 0.311 e. The van der Waals surface area contributed by atoms with Crippen LogP contribution in [-0.4, -0.2) is 34.3 Å². The summed E-state index contributed by atoms with van der Waals surface area (Å²) in [6.07, 6.45) is 5.25. The lowest BCUT2D eigenvalue weighted by Gasteiger charge is -2.39. The van der Waals surface area contributed by atoms with Crippen molar-refractivity contribution in [3.05, 3.63) is 42.4 Å². The lowest BCUT2D eigenvalue weighted by molar-refractivity contribution is -0.150. The van der Waals surface area contributed by atoms with Crippen LogP contribution < -0.4 is 0 Å². The molecule has 1 aromatic heterocycles. The highest BCUT2D eigenvalue weighted by Gasteiger charge is 2.42. The lowest BCUT2D eigenvalue weighted by atomic mass is 9.77. The Morgan fingerprint density at radius 2 is 2.03 bits per heavy atom. The number of carbonyl (C=O) groups excluding carboxylic acids is 2. The van der Waals surface area contributed by atoms with Crippen LogP contribution in [0.4, 0.5) is 0 Å². The van der Waals surface area contributed by atoms with E-state index in [0.717, 1.165) is 18.4 Å². The molecule has 6 nitrogen and oxygen atoms in total. The summed E-state index contributed by atoms with van der Waals surface area (Å²) >= 11 is 0. The Morgan fingerprint density at radius 1 is 1.24 bits per heavy atom. The van der Waals surface area contributed by atoms with Gasteiger partial charge in [-0.1, -0.05) is 57.0 Å². The fourth-order valence-electron chi connectivity index (χ4n) is 4.57. The SMILES string of the molecule is C[C@H]1[C@H](N2C[C@H](C(=O)OCc3ncc(-c4ccccc4)o3)CC2=O)CCC[C@@H]1C. The number of esters is 1.